The van der Waals surface area contributed by atoms with Gasteiger partial charge in [-0.25, -0.2) is 9.97 Å². The van der Waals surface area contributed by atoms with Crippen molar-refractivity contribution in [2.45, 2.75) is 20.8 Å². The number of nitrogens with one attached hydrogen (secondary N) is 1. The molecule has 6 nitrogen and oxygen atoms in total. The monoisotopic (exact) mass is 360 g/mol. The molecule has 7 heteroatoms. The summed E-state index contributed by atoms with van der Waals surface area (Å²) in [6.45, 7) is 8.01. The van der Waals surface area contributed by atoms with Gasteiger partial charge in [0.1, 0.15) is 17.3 Å². The second-order valence-corrected chi connectivity index (χ2v) is 6.56. The fourth-order valence-corrected chi connectivity index (χ4v) is 3.24. The summed E-state index contributed by atoms with van der Waals surface area (Å²) in [5, 5.41) is 3.85. The fourth-order valence-electron chi connectivity index (χ4n) is 2.87. The zero-order chi connectivity index (χ0) is 18.0. The van der Waals surface area contributed by atoms with Crippen LogP contribution in [0.25, 0.3) is 0 Å². The highest BCUT2D eigenvalue weighted by Gasteiger charge is 2.21. The Kier molecular flexibility index (Phi) is 5.20. The van der Waals surface area contributed by atoms with Crippen LogP contribution in [-0.4, -0.2) is 47.1 Å². The Bertz CT molecular complexity index is 781. The summed E-state index contributed by atoms with van der Waals surface area (Å²) in [6.07, 6.45) is 0. The third-order valence-electron chi connectivity index (χ3n) is 4.04. The lowest BCUT2D eigenvalue weighted by molar-refractivity contribution is 0.0299. The second kappa shape index (κ2) is 7.37. The van der Waals surface area contributed by atoms with Crippen LogP contribution >= 0.6 is 11.6 Å². The van der Waals surface area contributed by atoms with Crippen LogP contribution in [0.2, 0.25) is 5.02 Å². The van der Waals surface area contributed by atoms with E-state index >= 15 is 0 Å². The molecular weight excluding hydrogens is 340 g/mol. The number of nitrogens with zero attached hydrogens (tertiary/aromatic N) is 3. The van der Waals surface area contributed by atoms with E-state index in [1.165, 1.54) is 0 Å². The maximum atomic E-state index is 12.7. The molecule has 1 amide bonds. The van der Waals surface area contributed by atoms with Crippen LogP contribution in [0.15, 0.2) is 18.2 Å². The number of halogens is 1. The van der Waals surface area contributed by atoms with E-state index in [-0.39, 0.29) is 5.91 Å². The molecule has 132 valence electrons. The highest BCUT2D eigenvalue weighted by Crippen LogP contribution is 2.30. The van der Waals surface area contributed by atoms with Gasteiger partial charge < -0.3 is 15.0 Å². The molecule has 0 bridgehead atoms. The number of rotatable bonds is 3. The molecule has 2 heterocycles. The average Bonchev–Trinajstić information content (AvgIpc) is 2.58. The van der Waals surface area contributed by atoms with Crippen LogP contribution in [0.5, 0.6) is 0 Å². The predicted molar refractivity (Wildman–Crippen MR) is 97.7 cm³/mol. The van der Waals surface area contributed by atoms with Gasteiger partial charge in [-0.1, -0.05) is 17.7 Å². The van der Waals surface area contributed by atoms with Crippen LogP contribution in [0, 0.1) is 20.8 Å². The Morgan fingerprint density at radius 1 is 1.16 bits per heavy atom. The second-order valence-electron chi connectivity index (χ2n) is 6.15. The highest BCUT2D eigenvalue weighted by atomic mass is 35.5. The molecule has 1 aliphatic heterocycles. The number of aromatic nitrogens is 2. The summed E-state index contributed by atoms with van der Waals surface area (Å²) in [5.41, 5.74) is 3.27. The van der Waals surface area contributed by atoms with Crippen molar-refractivity contribution >= 4 is 29.0 Å². The maximum absolute atomic E-state index is 12.7. The molecule has 3 rings (SSSR count). The molecule has 0 atom stereocenters. The van der Waals surface area contributed by atoms with E-state index in [0.717, 1.165) is 16.8 Å². The van der Waals surface area contributed by atoms with E-state index in [1.807, 2.05) is 26.0 Å². The van der Waals surface area contributed by atoms with Crippen LogP contribution in [0.3, 0.4) is 0 Å². The molecule has 1 aromatic heterocycles. The summed E-state index contributed by atoms with van der Waals surface area (Å²) in [5.74, 6) is 0.976. The first kappa shape index (κ1) is 17.6. The van der Waals surface area contributed by atoms with Crippen LogP contribution in [0.4, 0.5) is 11.5 Å². The van der Waals surface area contributed by atoms with Gasteiger partial charge in [0.25, 0.3) is 5.91 Å². The number of amides is 1. The quantitative estimate of drug-likeness (QED) is 0.909. The Morgan fingerprint density at radius 2 is 1.88 bits per heavy atom. The Balaban J connectivity index is 1.88. The molecule has 25 heavy (non-hydrogen) atoms. The van der Waals surface area contributed by atoms with Crippen molar-refractivity contribution in [3.8, 4) is 0 Å². The lowest BCUT2D eigenvalue weighted by atomic mass is 10.1. The standard InChI is InChI=1S/C18H21ClN4O2/c1-11-8-12(2)17(14(19)9-11)22-16-10-15(20-13(3)21-16)18(24)23-4-6-25-7-5-23/h8-10H,4-7H2,1-3H3,(H,20,21,22). The minimum absolute atomic E-state index is 0.108. The smallest absolute Gasteiger partial charge is 0.272 e. The molecule has 0 radical (unpaired) electrons. The SMILES string of the molecule is Cc1cc(C)c(Nc2cc(C(=O)N3CCOCC3)nc(C)n2)c(Cl)c1. The summed E-state index contributed by atoms with van der Waals surface area (Å²) >= 11 is 6.35. The van der Waals surface area contributed by atoms with Gasteiger partial charge in [-0.2, -0.15) is 0 Å². The number of ether oxygens (including phenoxy) is 1. The van der Waals surface area contributed by atoms with Crippen molar-refractivity contribution in [3.05, 3.63) is 45.9 Å². The van der Waals surface area contributed by atoms with E-state index in [2.05, 4.69) is 15.3 Å². The summed E-state index contributed by atoms with van der Waals surface area (Å²) in [7, 11) is 0. The number of hydrogen-bond donors (Lipinski definition) is 1. The molecule has 1 fully saturated rings. The number of carbonyl (C=O) groups is 1. The number of anilines is 2. The number of morpholine rings is 1. The number of hydrogen-bond acceptors (Lipinski definition) is 5. The van der Waals surface area contributed by atoms with Crippen LogP contribution in [-0.2, 0) is 4.74 Å². The summed E-state index contributed by atoms with van der Waals surface area (Å²) < 4.78 is 5.29. The molecule has 1 aromatic carbocycles. The van der Waals surface area contributed by atoms with Gasteiger partial charge in [0, 0.05) is 19.2 Å². The third kappa shape index (κ3) is 4.08. The van der Waals surface area contributed by atoms with Gasteiger partial charge in [0.15, 0.2) is 0 Å². The fraction of sp³-hybridized carbons (Fsp3) is 0.389. The van der Waals surface area contributed by atoms with Gasteiger partial charge in [-0.3, -0.25) is 4.79 Å². The Hall–Kier alpha value is -2.18. The van der Waals surface area contributed by atoms with Gasteiger partial charge >= 0.3 is 0 Å². The molecule has 1 N–H and O–H groups in total. The number of aryl methyl sites for hydroxylation is 3. The number of benzene rings is 1. The molecule has 0 saturated carbocycles. The van der Waals surface area contributed by atoms with Crippen molar-refractivity contribution in [2.24, 2.45) is 0 Å². The lowest BCUT2D eigenvalue weighted by Gasteiger charge is -2.26. The largest absolute Gasteiger partial charge is 0.378 e. The molecule has 1 saturated heterocycles. The van der Waals surface area contributed by atoms with E-state index in [4.69, 9.17) is 16.3 Å². The molecular formula is C18H21ClN4O2. The summed E-state index contributed by atoms with van der Waals surface area (Å²) in [6, 6.07) is 5.60. The van der Waals surface area contributed by atoms with Crippen molar-refractivity contribution in [1.29, 1.82) is 0 Å². The zero-order valence-corrected chi connectivity index (χ0v) is 15.4. The van der Waals surface area contributed by atoms with E-state index in [0.29, 0.717) is 48.7 Å². The minimum atomic E-state index is -0.108. The molecule has 0 spiro atoms. The van der Waals surface area contributed by atoms with E-state index in [1.54, 1.807) is 17.9 Å². The molecule has 1 aliphatic rings. The lowest BCUT2D eigenvalue weighted by Crippen LogP contribution is -2.41. The van der Waals surface area contributed by atoms with Crippen LogP contribution < -0.4 is 5.32 Å². The first-order valence-electron chi connectivity index (χ1n) is 8.20. The van der Waals surface area contributed by atoms with E-state index in [9.17, 15) is 4.79 Å². The Morgan fingerprint density at radius 3 is 2.56 bits per heavy atom. The van der Waals surface area contributed by atoms with Gasteiger partial charge in [0.2, 0.25) is 0 Å². The van der Waals surface area contributed by atoms with Gasteiger partial charge in [-0.15, -0.1) is 0 Å². The zero-order valence-electron chi connectivity index (χ0n) is 14.6. The molecule has 2 aromatic rings. The normalized spacial score (nSPS) is 14.5. The first-order valence-corrected chi connectivity index (χ1v) is 8.58. The predicted octanol–water partition coefficient (Wildman–Crippen LogP) is 3.27. The van der Waals surface area contributed by atoms with Crippen molar-refractivity contribution in [1.82, 2.24) is 14.9 Å². The van der Waals surface area contributed by atoms with Crippen molar-refractivity contribution < 1.29 is 9.53 Å². The number of carbonyl (C=O) groups excluding carboxylic acids is 1. The highest BCUT2D eigenvalue weighted by molar-refractivity contribution is 6.33. The average molecular weight is 361 g/mol. The third-order valence-corrected chi connectivity index (χ3v) is 4.34. The maximum Gasteiger partial charge on any atom is 0.272 e. The van der Waals surface area contributed by atoms with E-state index < -0.39 is 0 Å². The minimum Gasteiger partial charge on any atom is -0.378 e. The van der Waals surface area contributed by atoms with Crippen molar-refractivity contribution in [2.75, 3.05) is 31.6 Å². The van der Waals surface area contributed by atoms with Gasteiger partial charge in [-0.05, 0) is 38.0 Å². The molecule has 0 aliphatic carbocycles. The van der Waals surface area contributed by atoms with Crippen molar-refractivity contribution in [3.63, 3.8) is 0 Å². The topological polar surface area (TPSA) is 67.4 Å². The molecule has 0 unspecified atom stereocenters. The van der Waals surface area contributed by atoms with Gasteiger partial charge in [0.05, 0.1) is 23.9 Å². The Labute approximate surface area is 152 Å². The van der Waals surface area contributed by atoms with Crippen LogP contribution in [0.1, 0.15) is 27.4 Å². The first-order chi connectivity index (χ1) is 11.9. The summed E-state index contributed by atoms with van der Waals surface area (Å²) in [4.78, 5) is 23.1.